The number of aryl methyl sites for hydroxylation is 1. The normalized spacial score (nSPS) is 17.9. The van der Waals surface area contributed by atoms with E-state index < -0.39 is 10.0 Å². The van der Waals surface area contributed by atoms with Crippen LogP contribution in [0.25, 0.3) is 0 Å². The van der Waals surface area contributed by atoms with Gasteiger partial charge in [0.05, 0.1) is 8.68 Å². The molecule has 1 heterocycles. The van der Waals surface area contributed by atoms with Crippen LogP contribution in [0, 0.1) is 12.3 Å². The maximum Gasteiger partial charge on any atom is 0.241 e. The number of rotatable bonds is 6. The highest BCUT2D eigenvalue weighted by Gasteiger charge is 2.42. The van der Waals surface area contributed by atoms with Gasteiger partial charge in [-0.25, -0.2) is 13.1 Å². The first-order valence-corrected chi connectivity index (χ1v) is 9.23. The Hall–Kier alpha value is 0.0900. The number of halogens is 1. The third kappa shape index (κ3) is 3.15. The number of sulfonamides is 1. The highest BCUT2D eigenvalue weighted by molar-refractivity contribution is 9.11. The predicted molar refractivity (Wildman–Crippen MR) is 78.5 cm³/mol. The van der Waals surface area contributed by atoms with Crippen molar-refractivity contribution in [1.82, 2.24) is 4.72 Å². The topological polar surface area (TPSA) is 46.2 Å². The summed E-state index contributed by atoms with van der Waals surface area (Å²) in [5, 5.41) is 0. The van der Waals surface area contributed by atoms with E-state index in [1.165, 1.54) is 11.3 Å². The minimum Gasteiger partial charge on any atom is -0.211 e. The first-order valence-electron chi connectivity index (χ1n) is 6.14. The van der Waals surface area contributed by atoms with Crippen LogP contribution in [-0.2, 0) is 10.0 Å². The number of nitrogens with one attached hydrogen (secondary N) is 1. The maximum absolute atomic E-state index is 12.2. The van der Waals surface area contributed by atoms with E-state index >= 15 is 0 Å². The lowest BCUT2D eigenvalue weighted by Gasteiger charge is -2.14. The van der Waals surface area contributed by atoms with Crippen LogP contribution in [0.2, 0.25) is 0 Å². The molecule has 18 heavy (non-hydrogen) atoms. The third-order valence-corrected chi connectivity index (χ3v) is 6.72. The van der Waals surface area contributed by atoms with E-state index in [0.29, 0.717) is 11.4 Å². The van der Waals surface area contributed by atoms with Gasteiger partial charge in [0.2, 0.25) is 10.0 Å². The molecule has 2 rings (SSSR count). The molecule has 0 aliphatic heterocycles. The van der Waals surface area contributed by atoms with E-state index in [1.807, 2.05) is 6.92 Å². The van der Waals surface area contributed by atoms with Gasteiger partial charge in [0, 0.05) is 11.4 Å². The molecule has 6 heteroatoms. The zero-order valence-electron chi connectivity index (χ0n) is 10.6. The van der Waals surface area contributed by atoms with Gasteiger partial charge in [0.25, 0.3) is 0 Å². The molecule has 1 saturated carbocycles. The largest absolute Gasteiger partial charge is 0.241 e. The molecule has 0 atom stereocenters. The average Bonchev–Trinajstić information content (AvgIpc) is 2.96. The Bertz CT molecular complexity index is 532. The minimum absolute atomic E-state index is 0.239. The van der Waals surface area contributed by atoms with Gasteiger partial charge in [-0.2, -0.15) is 0 Å². The Morgan fingerprint density at radius 2 is 2.17 bits per heavy atom. The van der Waals surface area contributed by atoms with Crippen molar-refractivity contribution in [2.75, 3.05) is 6.54 Å². The first-order chi connectivity index (χ1) is 8.38. The van der Waals surface area contributed by atoms with Crippen molar-refractivity contribution in [2.24, 2.45) is 5.41 Å². The Balaban J connectivity index is 2.06. The summed E-state index contributed by atoms with van der Waals surface area (Å²) in [5.74, 6) is 0. The molecule has 1 aromatic heterocycles. The fourth-order valence-electron chi connectivity index (χ4n) is 2.25. The average molecular weight is 352 g/mol. The van der Waals surface area contributed by atoms with E-state index in [0.717, 1.165) is 34.3 Å². The van der Waals surface area contributed by atoms with E-state index in [2.05, 4.69) is 27.6 Å². The minimum atomic E-state index is -3.35. The molecule has 0 spiro atoms. The van der Waals surface area contributed by atoms with Crippen LogP contribution in [-0.4, -0.2) is 15.0 Å². The van der Waals surface area contributed by atoms with Gasteiger partial charge >= 0.3 is 0 Å². The predicted octanol–water partition coefficient (Wildman–Crippen LogP) is 3.68. The molecular weight excluding hydrogens is 334 g/mol. The van der Waals surface area contributed by atoms with Crippen LogP contribution >= 0.6 is 27.3 Å². The Morgan fingerprint density at radius 1 is 1.50 bits per heavy atom. The van der Waals surface area contributed by atoms with Gasteiger partial charge < -0.3 is 0 Å². The SMILES string of the molecule is CCCC1(CNS(=O)(=O)c2cc(Br)sc2C)CC1. The van der Waals surface area contributed by atoms with Gasteiger partial charge in [-0.3, -0.25) is 0 Å². The van der Waals surface area contributed by atoms with Crippen molar-refractivity contribution >= 4 is 37.3 Å². The highest BCUT2D eigenvalue weighted by atomic mass is 79.9. The zero-order valence-corrected chi connectivity index (χ0v) is 13.8. The molecule has 0 aromatic carbocycles. The number of thiophene rings is 1. The smallest absolute Gasteiger partial charge is 0.211 e. The lowest BCUT2D eigenvalue weighted by Crippen LogP contribution is -2.30. The molecule has 1 N–H and O–H groups in total. The van der Waals surface area contributed by atoms with Crippen molar-refractivity contribution in [2.45, 2.75) is 44.4 Å². The second kappa shape index (κ2) is 5.23. The monoisotopic (exact) mass is 351 g/mol. The summed E-state index contributed by atoms with van der Waals surface area (Å²) in [6.07, 6.45) is 4.53. The molecule has 0 radical (unpaired) electrons. The molecule has 102 valence electrons. The van der Waals surface area contributed by atoms with E-state index in [1.54, 1.807) is 6.07 Å². The molecule has 1 fully saturated rings. The zero-order chi connectivity index (χ0) is 13.4. The summed E-state index contributed by atoms with van der Waals surface area (Å²) in [6, 6.07) is 1.68. The Labute approximate surface area is 121 Å². The van der Waals surface area contributed by atoms with Crippen LogP contribution in [0.5, 0.6) is 0 Å². The van der Waals surface area contributed by atoms with Crippen molar-refractivity contribution in [1.29, 1.82) is 0 Å². The molecule has 1 aliphatic carbocycles. The van der Waals surface area contributed by atoms with Gasteiger partial charge in [0.15, 0.2) is 0 Å². The van der Waals surface area contributed by atoms with Crippen LogP contribution in [0.15, 0.2) is 14.7 Å². The molecule has 0 saturated heterocycles. The lowest BCUT2D eigenvalue weighted by atomic mass is 10.0. The molecular formula is C12H18BrNO2S2. The van der Waals surface area contributed by atoms with Crippen LogP contribution in [0.4, 0.5) is 0 Å². The lowest BCUT2D eigenvalue weighted by molar-refractivity contribution is 0.449. The van der Waals surface area contributed by atoms with Crippen LogP contribution < -0.4 is 4.72 Å². The summed E-state index contributed by atoms with van der Waals surface area (Å²) in [5.41, 5.74) is 0.239. The fraction of sp³-hybridized carbons (Fsp3) is 0.667. The van der Waals surface area contributed by atoms with Crippen LogP contribution in [0.3, 0.4) is 0 Å². The van der Waals surface area contributed by atoms with Crippen molar-refractivity contribution in [3.63, 3.8) is 0 Å². The number of hydrogen-bond donors (Lipinski definition) is 1. The van der Waals surface area contributed by atoms with Gasteiger partial charge in [-0.1, -0.05) is 13.3 Å². The fourth-order valence-corrected chi connectivity index (χ4v) is 5.82. The Morgan fingerprint density at radius 3 is 2.61 bits per heavy atom. The second-order valence-corrected chi connectivity index (χ2v) is 9.42. The second-order valence-electron chi connectivity index (χ2n) is 5.05. The van der Waals surface area contributed by atoms with Crippen molar-refractivity contribution in [3.05, 3.63) is 14.7 Å². The van der Waals surface area contributed by atoms with E-state index in [4.69, 9.17) is 0 Å². The standard InChI is InChI=1S/C12H18BrNO2S2/c1-3-4-12(5-6-12)8-14-18(15,16)10-7-11(13)17-9(10)2/h7,14H,3-6,8H2,1-2H3. The van der Waals surface area contributed by atoms with Gasteiger partial charge in [-0.15, -0.1) is 11.3 Å². The molecule has 0 bridgehead atoms. The highest BCUT2D eigenvalue weighted by Crippen LogP contribution is 2.49. The third-order valence-electron chi connectivity index (χ3n) is 3.51. The van der Waals surface area contributed by atoms with Crippen molar-refractivity contribution < 1.29 is 8.42 Å². The van der Waals surface area contributed by atoms with E-state index in [9.17, 15) is 8.42 Å². The van der Waals surface area contributed by atoms with Crippen LogP contribution in [0.1, 0.15) is 37.5 Å². The maximum atomic E-state index is 12.2. The van der Waals surface area contributed by atoms with Crippen molar-refractivity contribution in [3.8, 4) is 0 Å². The molecule has 0 unspecified atom stereocenters. The summed E-state index contributed by atoms with van der Waals surface area (Å²) in [7, 11) is -3.35. The van der Waals surface area contributed by atoms with Gasteiger partial charge in [0.1, 0.15) is 0 Å². The van der Waals surface area contributed by atoms with Gasteiger partial charge in [-0.05, 0) is 53.6 Å². The molecule has 1 aromatic rings. The summed E-state index contributed by atoms with van der Waals surface area (Å²) >= 11 is 4.78. The summed E-state index contributed by atoms with van der Waals surface area (Å²) in [4.78, 5) is 1.24. The molecule has 0 amide bonds. The summed E-state index contributed by atoms with van der Waals surface area (Å²) in [6.45, 7) is 4.56. The number of hydrogen-bond acceptors (Lipinski definition) is 3. The molecule has 1 aliphatic rings. The van der Waals surface area contributed by atoms with E-state index in [-0.39, 0.29) is 5.41 Å². The first kappa shape index (κ1) is 14.5. The quantitative estimate of drug-likeness (QED) is 0.849. The Kier molecular flexibility index (Phi) is 4.21. The summed E-state index contributed by atoms with van der Waals surface area (Å²) < 4.78 is 28.1. The molecule has 3 nitrogen and oxygen atoms in total.